The fourth-order valence-corrected chi connectivity index (χ4v) is 3.38. The molecule has 0 radical (unpaired) electrons. The van der Waals surface area contributed by atoms with Crippen molar-refractivity contribution in [1.29, 1.82) is 0 Å². The Balaban J connectivity index is 1.56. The van der Waals surface area contributed by atoms with E-state index in [1.165, 1.54) is 29.3 Å². The lowest BCUT2D eigenvalue weighted by atomic mass is 10.1. The first kappa shape index (κ1) is 17.5. The topological polar surface area (TPSA) is 35.6 Å². The van der Waals surface area contributed by atoms with Gasteiger partial charge in [0, 0.05) is 51.0 Å². The van der Waals surface area contributed by atoms with Gasteiger partial charge in [0.25, 0.3) is 0 Å². The van der Waals surface area contributed by atoms with Crippen molar-refractivity contribution in [1.82, 2.24) is 4.90 Å². The summed E-state index contributed by atoms with van der Waals surface area (Å²) in [5, 5.41) is 2.81. The maximum Gasteiger partial charge on any atom is 0.221 e. The van der Waals surface area contributed by atoms with E-state index in [0.29, 0.717) is 0 Å². The number of nitrogens with zero attached hydrogens (tertiary/aromatic N) is 2. The third kappa shape index (κ3) is 4.40. The molecular formula is C21H27N3O. The highest BCUT2D eigenvalue weighted by atomic mass is 16.1. The molecular weight excluding hydrogens is 310 g/mol. The van der Waals surface area contributed by atoms with Crippen LogP contribution in [0.4, 0.5) is 11.4 Å². The number of benzene rings is 2. The highest BCUT2D eigenvalue weighted by molar-refractivity contribution is 5.88. The summed E-state index contributed by atoms with van der Waals surface area (Å²) < 4.78 is 0. The van der Waals surface area contributed by atoms with Crippen LogP contribution in [0.15, 0.2) is 42.5 Å². The molecule has 0 bridgehead atoms. The lowest BCUT2D eigenvalue weighted by molar-refractivity contribution is -0.114. The van der Waals surface area contributed by atoms with E-state index < -0.39 is 0 Å². The van der Waals surface area contributed by atoms with Crippen LogP contribution in [-0.2, 0) is 11.3 Å². The summed E-state index contributed by atoms with van der Waals surface area (Å²) in [6.07, 6.45) is 0. The van der Waals surface area contributed by atoms with Crippen molar-refractivity contribution in [3.8, 4) is 0 Å². The summed E-state index contributed by atoms with van der Waals surface area (Å²) in [5.74, 6) is -0.0321. The van der Waals surface area contributed by atoms with E-state index in [1.54, 1.807) is 0 Å². The molecule has 1 aliphatic rings. The monoisotopic (exact) mass is 337 g/mol. The summed E-state index contributed by atoms with van der Waals surface area (Å²) in [6, 6.07) is 14.7. The first-order chi connectivity index (χ1) is 12.0. The minimum absolute atomic E-state index is 0.0321. The van der Waals surface area contributed by atoms with E-state index in [-0.39, 0.29) is 5.91 Å². The van der Waals surface area contributed by atoms with Crippen molar-refractivity contribution in [2.45, 2.75) is 27.3 Å². The lowest BCUT2D eigenvalue weighted by Gasteiger charge is -2.37. The van der Waals surface area contributed by atoms with Crippen LogP contribution >= 0.6 is 0 Å². The van der Waals surface area contributed by atoms with Gasteiger partial charge in [0.1, 0.15) is 0 Å². The van der Waals surface area contributed by atoms with Crippen LogP contribution < -0.4 is 10.2 Å². The third-order valence-corrected chi connectivity index (χ3v) is 4.97. The maximum absolute atomic E-state index is 11.1. The Kier molecular flexibility index (Phi) is 5.39. The molecule has 2 aromatic rings. The quantitative estimate of drug-likeness (QED) is 0.926. The fraction of sp³-hybridized carbons (Fsp3) is 0.381. The normalized spacial score (nSPS) is 15.2. The number of hydrogen-bond donors (Lipinski definition) is 1. The van der Waals surface area contributed by atoms with E-state index in [0.717, 1.165) is 38.4 Å². The number of aryl methyl sites for hydroxylation is 1. The van der Waals surface area contributed by atoms with Crippen molar-refractivity contribution in [3.63, 3.8) is 0 Å². The Morgan fingerprint density at radius 2 is 1.68 bits per heavy atom. The Labute approximate surface area is 150 Å². The van der Waals surface area contributed by atoms with Crippen molar-refractivity contribution in [2.24, 2.45) is 0 Å². The van der Waals surface area contributed by atoms with Crippen LogP contribution in [-0.4, -0.2) is 37.0 Å². The first-order valence-corrected chi connectivity index (χ1v) is 8.93. The standard InChI is InChI=1S/C21H27N3O/c1-16-5-4-6-21(17(16)2)24-13-11-23(12-14-24)15-19-7-9-20(10-8-19)22-18(3)25/h4-10H,11-15H2,1-3H3,(H,22,25). The van der Waals surface area contributed by atoms with Gasteiger partial charge in [0.15, 0.2) is 0 Å². The number of piperazine rings is 1. The summed E-state index contributed by atoms with van der Waals surface area (Å²) in [6.45, 7) is 11.2. The van der Waals surface area contributed by atoms with Gasteiger partial charge in [-0.05, 0) is 48.7 Å². The number of carbonyl (C=O) groups excluding carboxylic acids is 1. The molecule has 4 heteroatoms. The Morgan fingerprint density at radius 3 is 2.32 bits per heavy atom. The highest BCUT2D eigenvalue weighted by Gasteiger charge is 2.18. The molecule has 0 atom stereocenters. The number of carbonyl (C=O) groups is 1. The van der Waals surface area contributed by atoms with Gasteiger partial charge in [-0.15, -0.1) is 0 Å². The summed E-state index contributed by atoms with van der Waals surface area (Å²) in [4.78, 5) is 16.1. The van der Waals surface area contributed by atoms with Crippen molar-refractivity contribution in [3.05, 3.63) is 59.2 Å². The molecule has 1 N–H and O–H groups in total. The largest absolute Gasteiger partial charge is 0.369 e. The molecule has 1 saturated heterocycles. The predicted octanol–water partition coefficient (Wildman–Crippen LogP) is 3.58. The van der Waals surface area contributed by atoms with Gasteiger partial charge in [0.2, 0.25) is 5.91 Å². The van der Waals surface area contributed by atoms with Crippen LogP contribution in [0.5, 0.6) is 0 Å². The second-order valence-corrected chi connectivity index (χ2v) is 6.86. The molecule has 1 heterocycles. The second-order valence-electron chi connectivity index (χ2n) is 6.86. The molecule has 0 unspecified atom stereocenters. The van der Waals surface area contributed by atoms with E-state index in [1.807, 2.05) is 12.1 Å². The van der Waals surface area contributed by atoms with Gasteiger partial charge in [-0.3, -0.25) is 9.69 Å². The van der Waals surface area contributed by atoms with E-state index in [9.17, 15) is 4.79 Å². The predicted molar refractivity (Wildman–Crippen MR) is 104 cm³/mol. The Hall–Kier alpha value is -2.33. The molecule has 1 amide bonds. The summed E-state index contributed by atoms with van der Waals surface area (Å²) in [5.41, 5.74) is 6.27. The lowest BCUT2D eigenvalue weighted by Crippen LogP contribution is -2.46. The van der Waals surface area contributed by atoms with Crippen LogP contribution in [0, 0.1) is 13.8 Å². The molecule has 0 spiro atoms. The molecule has 1 fully saturated rings. The van der Waals surface area contributed by atoms with Gasteiger partial charge in [0.05, 0.1) is 0 Å². The number of anilines is 2. The van der Waals surface area contributed by atoms with Gasteiger partial charge in [-0.1, -0.05) is 24.3 Å². The molecule has 2 aromatic carbocycles. The van der Waals surface area contributed by atoms with Crippen LogP contribution in [0.3, 0.4) is 0 Å². The molecule has 1 aliphatic heterocycles. The first-order valence-electron chi connectivity index (χ1n) is 8.93. The van der Waals surface area contributed by atoms with Gasteiger partial charge in [-0.2, -0.15) is 0 Å². The number of amides is 1. The highest BCUT2D eigenvalue weighted by Crippen LogP contribution is 2.24. The number of nitrogens with one attached hydrogen (secondary N) is 1. The minimum atomic E-state index is -0.0321. The second kappa shape index (κ2) is 7.70. The van der Waals surface area contributed by atoms with E-state index >= 15 is 0 Å². The smallest absolute Gasteiger partial charge is 0.221 e. The minimum Gasteiger partial charge on any atom is -0.369 e. The zero-order chi connectivity index (χ0) is 17.8. The Morgan fingerprint density at radius 1 is 1.00 bits per heavy atom. The zero-order valence-electron chi connectivity index (χ0n) is 15.4. The average Bonchev–Trinajstić information content (AvgIpc) is 2.59. The summed E-state index contributed by atoms with van der Waals surface area (Å²) in [7, 11) is 0. The maximum atomic E-state index is 11.1. The van der Waals surface area contributed by atoms with Gasteiger partial charge in [-0.25, -0.2) is 0 Å². The molecule has 4 nitrogen and oxygen atoms in total. The zero-order valence-corrected chi connectivity index (χ0v) is 15.4. The van der Waals surface area contributed by atoms with Crippen molar-refractivity contribution < 1.29 is 4.79 Å². The molecule has 0 aliphatic carbocycles. The van der Waals surface area contributed by atoms with E-state index in [4.69, 9.17) is 0 Å². The van der Waals surface area contributed by atoms with E-state index in [2.05, 4.69) is 59.3 Å². The van der Waals surface area contributed by atoms with Gasteiger partial charge >= 0.3 is 0 Å². The number of hydrogen-bond acceptors (Lipinski definition) is 3. The molecule has 25 heavy (non-hydrogen) atoms. The Bertz CT molecular complexity index is 731. The molecule has 3 rings (SSSR count). The molecule has 0 aromatic heterocycles. The fourth-order valence-electron chi connectivity index (χ4n) is 3.38. The van der Waals surface area contributed by atoms with Crippen LogP contribution in [0.25, 0.3) is 0 Å². The molecule has 132 valence electrons. The van der Waals surface area contributed by atoms with Gasteiger partial charge < -0.3 is 10.2 Å². The average molecular weight is 337 g/mol. The number of rotatable bonds is 4. The van der Waals surface area contributed by atoms with Crippen LogP contribution in [0.1, 0.15) is 23.6 Å². The molecule has 0 saturated carbocycles. The SMILES string of the molecule is CC(=O)Nc1ccc(CN2CCN(c3cccc(C)c3C)CC2)cc1. The van der Waals surface area contributed by atoms with Crippen molar-refractivity contribution >= 4 is 17.3 Å². The van der Waals surface area contributed by atoms with Crippen molar-refractivity contribution in [2.75, 3.05) is 36.4 Å². The van der Waals surface area contributed by atoms with Crippen LogP contribution in [0.2, 0.25) is 0 Å². The summed E-state index contributed by atoms with van der Waals surface area (Å²) >= 11 is 0. The third-order valence-electron chi connectivity index (χ3n) is 4.97.